The number of ether oxygens (including phenoxy) is 1. The molecular formula is C23H35N5O5S. The third kappa shape index (κ3) is 6.81. The summed E-state index contributed by atoms with van der Waals surface area (Å²) in [5.41, 5.74) is 7.30. The standard InChI is InChI=1S/C23H35N5O5S/c1-5-10-16(3)28-21(17(4)24)23(30)26-22(27-28)19-15-18(11-12-20(19)33-6-2)34(31,32)25-13-8-7-9-14-29/h11-12,15,25,29H,3,5-10,13-14,24H2,1-2,4H3,(H,26,27,30)/b21-17-. The molecular weight excluding hydrogens is 458 g/mol. The van der Waals surface area contributed by atoms with Gasteiger partial charge in [-0.1, -0.05) is 19.9 Å². The quantitative estimate of drug-likeness (QED) is 0.243. The number of rotatable bonds is 13. The molecule has 0 unspecified atom stereocenters. The Hall–Kier alpha value is -2.89. The number of amidine groups is 1. The average molecular weight is 494 g/mol. The minimum Gasteiger partial charge on any atom is -0.493 e. The second-order valence-electron chi connectivity index (χ2n) is 7.84. The highest BCUT2D eigenvalue weighted by atomic mass is 32.2. The molecule has 188 valence electrons. The highest BCUT2D eigenvalue weighted by molar-refractivity contribution is 7.89. The summed E-state index contributed by atoms with van der Waals surface area (Å²) in [7, 11) is -3.81. The Morgan fingerprint density at radius 3 is 2.65 bits per heavy atom. The van der Waals surface area contributed by atoms with Crippen LogP contribution in [0.2, 0.25) is 0 Å². The number of carbonyl (C=O) groups is 1. The number of nitrogens with one attached hydrogen (secondary N) is 2. The Morgan fingerprint density at radius 1 is 1.29 bits per heavy atom. The van der Waals surface area contributed by atoms with Crippen molar-refractivity contribution < 1.29 is 23.1 Å². The van der Waals surface area contributed by atoms with E-state index < -0.39 is 15.9 Å². The number of benzene rings is 1. The summed E-state index contributed by atoms with van der Waals surface area (Å²) < 4.78 is 34.0. The molecule has 5 N–H and O–H groups in total. The molecule has 0 saturated carbocycles. The summed E-state index contributed by atoms with van der Waals surface area (Å²) in [5.74, 6) is 0.0390. The van der Waals surface area contributed by atoms with Gasteiger partial charge in [0.25, 0.3) is 5.91 Å². The normalized spacial score (nSPS) is 15.6. The Bertz CT molecular complexity index is 1060. The number of hydrazone groups is 1. The number of allylic oxidation sites excluding steroid dienone is 2. The zero-order chi connectivity index (χ0) is 25.3. The van der Waals surface area contributed by atoms with Gasteiger partial charge in [-0.05, 0) is 57.7 Å². The minimum atomic E-state index is -3.81. The fraction of sp³-hybridized carbons (Fsp3) is 0.478. The number of sulfonamides is 1. The molecule has 1 amide bonds. The van der Waals surface area contributed by atoms with Crippen LogP contribution in [0.25, 0.3) is 0 Å². The lowest BCUT2D eigenvalue weighted by atomic mass is 10.1. The van der Waals surface area contributed by atoms with Crippen LogP contribution in [0.1, 0.15) is 58.4 Å². The van der Waals surface area contributed by atoms with Gasteiger partial charge in [-0.3, -0.25) is 4.79 Å². The summed E-state index contributed by atoms with van der Waals surface area (Å²) in [5, 5.41) is 17.5. The third-order valence-electron chi connectivity index (χ3n) is 5.01. The molecule has 0 fully saturated rings. The van der Waals surface area contributed by atoms with E-state index >= 15 is 0 Å². The monoisotopic (exact) mass is 493 g/mol. The molecule has 10 nitrogen and oxygen atoms in total. The van der Waals surface area contributed by atoms with Crippen LogP contribution >= 0.6 is 0 Å². The van der Waals surface area contributed by atoms with Crippen LogP contribution in [0.15, 0.2) is 51.9 Å². The van der Waals surface area contributed by atoms with Gasteiger partial charge in [-0.25, -0.2) is 18.1 Å². The minimum absolute atomic E-state index is 0.0142. The highest BCUT2D eigenvalue weighted by Crippen LogP contribution is 2.28. The van der Waals surface area contributed by atoms with Gasteiger partial charge >= 0.3 is 0 Å². The lowest BCUT2D eigenvalue weighted by Crippen LogP contribution is -2.44. The lowest BCUT2D eigenvalue weighted by molar-refractivity contribution is -0.118. The average Bonchev–Trinajstić information content (AvgIpc) is 2.78. The van der Waals surface area contributed by atoms with Gasteiger partial charge in [-0.2, -0.15) is 0 Å². The first kappa shape index (κ1) is 27.4. The van der Waals surface area contributed by atoms with E-state index in [1.165, 1.54) is 17.1 Å². The maximum atomic E-state index is 12.9. The van der Waals surface area contributed by atoms with E-state index in [-0.39, 0.29) is 35.3 Å². The van der Waals surface area contributed by atoms with Crippen LogP contribution < -0.4 is 20.5 Å². The summed E-state index contributed by atoms with van der Waals surface area (Å²) in [4.78, 5) is 12.9. The molecule has 0 radical (unpaired) electrons. The number of amides is 1. The highest BCUT2D eigenvalue weighted by Gasteiger charge is 2.30. The first-order chi connectivity index (χ1) is 16.2. The first-order valence-corrected chi connectivity index (χ1v) is 12.9. The van der Waals surface area contributed by atoms with Crippen molar-refractivity contribution in [2.75, 3.05) is 19.8 Å². The molecule has 34 heavy (non-hydrogen) atoms. The molecule has 11 heteroatoms. The SMILES string of the molecule is C=C(CCC)N1N=C(c2cc(S(=O)(=O)NCCCCCO)ccc2OCC)NC(=O)/C1=C(\C)N. The molecule has 1 heterocycles. The number of nitrogens with two attached hydrogens (primary N) is 1. The molecule has 2 rings (SSSR count). The van der Waals surface area contributed by atoms with E-state index in [4.69, 9.17) is 15.6 Å². The zero-order valence-corrected chi connectivity index (χ0v) is 20.9. The van der Waals surface area contributed by atoms with Crippen LogP contribution in [0, 0.1) is 0 Å². The molecule has 0 saturated heterocycles. The first-order valence-electron chi connectivity index (χ1n) is 11.4. The van der Waals surface area contributed by atoms with Gasteiger partial charge in [0.05, 0.1) is 17.1 Å². The van der Waals surface area contributed by atoms with Crippen LogP contribution in [0.5, 0.6) is 5.75 Å². The fourth-order valence-corrected chi connectivity index (χ4v) is 4.47. The van der Waals surface area contributed by atoms with E-state index in [0.717, 1.165) is 6.42 Å². The number of aliphatic hydroxyl groups is 1. The molecule has 0 bridgehead atoms. The topological polar surface area (TPSA) is 146 Å². The Morgan fingerprint density at radius 2 is 2.03 bits per heavy atom. The molecule has 0 spiro atoms. The van der Waals surface area contributed by atoms with E-state index in [0.29, 0.717) is 49.3 Å². The summed E-state index contributed by atoms with van der Waals surface area (Å²) in [6.45, 7) is 10.1. The second kappa shape index (κ2) is 12.5. The van der Waals surface area contributed by atoms with Crippen LogP contribution in [0.4, 0.5) is 0 Å². The van der Waals surface area contributed by atoms with Gasteiger partial charge in [0, 0.05) is 24.5 Å². The van der Waals surface area contributed by atoms with Crippen molar-refractivity contribution in [2.24, 2.45) is 10.8 Å². The van der Waals surface area contributed by atoms with Crippen molar-refractivity contribution >= 4 is 21.8 Å². The lowest BCUT2D eigenvalue weighted by Gasteiger charge is -2.30. The third-order valence-corrected chi connectivity index (χ3v) is 6.47. The number of unbranched alkanes of at least 4 members (excludes halogenated alkanes) is 2. The Kier molecular flexibility index (Phi) is 10.1. The van der Waals surface area contributed by atoms with Crippen molar-refractivity contribution in [3.05, 3.63) is 47.4 Å². The Balaban J connectivity index is 2.49. The molecule has 1 aliphatic rings. The molecule has 1 aliphatic heterocycles. The Labute approximate surface area is 201 Å². The van der Waals surface area contributed by atoms with Crippen LogP contribution in [0.3, 0.4) is 0 Å². The predicted octanol–water partition coefficient (Wildman–Crippen LogP) is 2.12. The van der Waals surface area contributed by atoms with Crippen LogP contribution in [-0.2, 0) is 14.8 Å². The van der Waals surface area contributed by atoms with E-state index in [1.54, 1.807) is 19.9 Å². The fourth-order valence-electron chi connectivity index (χ4n) is 3.37. The summed E-state index contributed by atoms with van der Waals surface area (Å²) >= 11 is 0. The van der Waals surface area contributed by atoms with Gasteiger partial charge in [0.2, 0.25) is 10.0 Å². The van der Waals surface area contributed by atoms with E-state index in [9.17, 15) is 13.2 Å². The van der Waals surface area contributed by atoms with Crippen molar-refractivity contribution in [1.29, 1.82) is 0 Å². The number of carbonyl (C=O) groups excluding carboxylic acids is 1. The van der Waals surface area contributed by atoms with Gasteiger partial charge < -0.3 is 20.9 Å². The number of hydrogen-bond acceptors (Lipinski definition) is 8. The van der Waals surface area contributed by atoms with Gasteiger partial charge in [0.1, 0.15) is 11.4 Å². The van der Waals surface area contributed by atoms with Gasteiger partial charge in [-0.15, -0.1) is 5.10 Å². The van der Waals surface area contributed by atoms with Crippen molar-refractivity contribution in [2.45, 2.75) is 57.8 Å². The number of nitrogens with zero attached hydrogens (tertiary/aromatic N) is 2. The molecule has 1 aromatic rings. The predicted molar refractivity (Wildman–Crippen MR) is 131 cm³/mol. The van der Waals surface area contributed by atoms with E-state index in [2.05, 4.69) is 21.7 Å². The molecule has 0 atom stereocenters. The molecule has 0 aromatic heterocycles. The van der Waals surface area contributed by atoms with Crippen molar-refractivity contribution in [1.82, 2.24) is 15.0 Å². The second-order valence-corrected chi connectivity index (χ2v) is 9.60. The zero-order valence-electron chi connectivity index (χ0n) is 20.1. The number of hydrogen-bond donors (Lipinski definition) is 4. The van der Waals surface area contributed by atoms with Gasteiger partial charge in [0.15, 0.2) is 5.84 Å². The summed E-state index contributed by atoms with van der Waals surface area (Å²) in [6.07, 6.45) is 3.32. The molecule has 0 aliphatic carbocycles. The smallest absolute Gasteiger partial charge is 0.277 e. The van der Waals surface area contributed by atoms with E-state index in [1.807, 2.05) is 6.92 Å². The maximum Gasteiger partial charge on any atom is 0.277 e. The summed E-state index contributed by atoms with van der Waals surface area (Å²) in [6, 6.07) is 4.41. The van der Waals surface area contributed by atoms with Crippen molar-refractivity contribution in [3.8, 4) is 5.75 Å². The van der Waals surface area contributed by atoms with Crippen molar-refractivity contribution in [3.63, 3.8) is 0 Å². The van der Waals surface area contributed by atoms with Crippen LogP contribution in [-0.4, -0.2) is 50.0 Å². The number of aliphatic hydroxyl groups excluding tert-OH is 1. The largest absolute Gasteiger partial charge is 0.493 e. The molecule has 1 aromatic carbocycles. The maximum absolute atomic E-state index is 12.9.